The van der Waals surface area contributed by atoms with E-state index in [0.29, 0.717) is 5.92 Å². The molecule has 0 fully saturated rings. The standard InChI is InChI=1S/C12H15N/c1-2-5-11(6-3-1)9-12-7-4-8-13-10-12/h1-7,12-13H,8-10H2. The maximum absolute atomic E-state index is 3.37. The summed E-state index contributed by atoms with van der Waals surface area (Å²) in [5.74, 6) is 0.677. The Bertz CT molecular complexity index is 276. The second-order valence-electron chi connectivity index (χ2n) is 3.54. The largest absolute Gasteiger partial charge is 0.313 e. The molecular formula is C12H15N. The minimum atomic E-state index is 0.677. The van der Waals surface area contributed by atoms with Gasteiger partial charge >= 0.3 is 0 Å². The third kappa shape index (κ3) is 2.43. The SMILES string of the molecule is C1=CC(Cc2ccccc2)CNC1. The summed E-state index contributed by atoms with van der Waals surface area (Å²) in [6.45, 7) is 2.15. The van der Waals surface area contributed by atoms with Crippen molar-refractivity contribution in [2.45, 2.75) is 6.42 Å². The highest BCUT2D eigenvalue weighted by Gasteiger charge is 2.07. The monoisotopic (exact) mass is 173 g/mol. The van der Waals surface area contributed by atoms with Gasteiger partial charge in [-0.25, -0.2) is 0 Å². The van der Waals surface area contributed by atoms with Gasteiger partial charge in [0, 0.05) is 13.1 Å². The Morgan fingerprint density at radius 3 is 2.77 bits per heavy atom. The zero-order chi connectivity index (χ0) is 8.93. The molecular weight excluding hydrogens is 158 g/mol. The maximum Gasteiger partial charge on any atom is 0.0135 e. The summed E-state index contributed by atoms with van der Waals surface area (Å²) in [6, 6.07) is 10.7. The van der Waals surface area contributed by atoms with Crippen LogP contribution in [-0.4, -0.2) is 13.1 Å². The summed E-state index contributed by atoms with van der Waals surface area (Å²) in [5, 5.41) is 3.37. The highest BCUT2D eigenvalue weighted by molar-refractivity contribution is 5.17. The molecule has 1 aromatic rings. The fraction of sp³-hybridized carbons (Fsp3) is 0.333. The van der Waals surface area contributed by atoms with Crippen LogP contribution in [0.3, 0.4) is 0 Å². The van der Waals surface area contributed by atoms with Crippen LogP contribution >= 0.6 is 0 Å². The Hall–Kier alpha value is -1.08. The Morgan fingerprint density at radius 1 is 1.23 bits per heavy atom. The molecule has 1 nitrogen and oxygen atoms in total. The summed E-state index contributed by atoms with van der Waals surface area (Å²) in [4.78, 5) is 0. The van der Waals surface area contributed by atoms with Gasteiger partial charge in [0.25, 0.3) is 0 Å². The van der Waals surface area contributed by atoms with Gasteiger partial charge in [-0.2, -0.15) is 0 Å². The Kier molecular flexibility index (Phi) is 2.78. The van der Waals surface area contributed by atoms with Gasteiger partial charge in [0.2, 0.25) is 0 Å². The average molecular weight is 173 g/mol. The molecule has 0 aromatic heterocycles. The highest BCUT2D eigenvalue weighted by atomic mass is 14.9. The van der Waals surface area contributed by atoms with Crippen molar-refractivity contribution in [2.24, 2.45) is 5.92 Å². The molecule has 1 unspecified atom stereocenters. The first-order valence-corrected chi connectivity index (χ1v) is 4.86. The minimum absolute atomic E-state index is 0.677. The Morgan fingerprint density at radius 2 is 2.08 bits per heavy atom. The first-order chi connectivity index (χ1) is 6.45. The fourth-order valence-corrected chi connectivity index (χ4v) is 1.74. The lowest BCUT2D eigenvalue weighted by Gasteiger charge is -2.17. The second-order valence-corrected chi connectivity index (χ2v) is 3.54. The van der Waals surface area contributed by atoms with E-state index >= 15 is 0 Å². The predicted molar refractivity (Wildman–Crippen MR) is 55.6 cm³/mol. The zero-order valence-corrected chi connectivity index (χ0v) is 7.74. The van der Waals surface area contributed by atoms with Gasteiger partial charge in [0.1, 0.15) is 0 Å². The minimum Gasteiger partial charge on any atom is -0.313 e. The van der Waals surface area contributed by atoms with E-state index in [1.165, 1.54) is 5.56 Å². The molecule has 1 aromatic carbocycles. The van der Waals surface area contributed by atoms with Crippen LogP contribution in [0.25, 0.3) is 0 Å². The zero-order valence-electron chi connectivity index (χ0n) is 7.74. The van der Waals surface area contributed by atoms with E-state index in [2.05, 4.69) is 47.8 Å². The molecule has 1 heterocycles. The van der Waals surface area contributed by atoms with Crippen LogP contribution in [0.4, 0.5) is 0 Å². The van der Waals surface area contributed by atoms with Crippen LogP contribution in [0.1, 0.15) is 5.56 Å². The molecule has 1 aliphatic heterocycles. The van der Waals surface area contributed by atoms with Crippen molar-refractivity contribution >= 4 is 0 Å². The quantitative estimate of drug-likeness (QED) is 0.674. The van der Waals surface area contributed by atoms with Crippen molar-refractivity contribution in [1.82, 2.24) is 5.32 Å². The van der Waals surface area contributed by atoms with Crippen LogP contribution in [0.5, 0.6) is 0 Å². The first kappa shape index (κ1) is 8.52. The summed E-state index contributed by atoms with van der Waals surface area (Å²) < 4.78 is 0. The summed E-state index contributed by atoms with van der Waals surface area (Å²) in [5.41, 5.74) is 1.43. The fourth-order valence-electron chi connectivity index (χ4n) is 1.74. The van der Waals surface area contributed by atoms with Crippen molar-refractivity contribution in [3.05, 3.63) is 48.0 Å². The van der Waals surface area contributed by atoms with Crippen LogP contribution in [0.15, 0.2) is 42.5 Å². The van der Waals surface area contributed by atoms with Crippen molar-refractivity contribution < 1.29 is 0 Å². The molecule has 0 saturated heterocycles. The lowest BCUT2D eigenvalue weighted by Crippen LogP contribution is -2.27. The summed E-state index contributed by atoms with van der Waals surface area (Å²) in [6.07, 6.45) is 5.70. The molecule has 1 heteroatoms. The van der Waals surface area contributed by atoms with Crippen molar-refractivity contribution in [3.8, 4) is 0 Å². The molecule has 0 amide bonds. The van der Waals surface area contributed by atoms with E-state index < -0.39 is 0 Å². The smallest absolute Gasteiger partial charge is 0.0135 e. The van der Waals surface area contributed by atoms with Gasteiger partial charge in [-0.3, -0.25) is 0 Å². The van der Waals surface area contributed by atoms with E-state index in [4.69, 9.17) is 0 Å². The molecule has 0 bridgehead atoms. The van der Waals surface area contributed by atoms with Gasteiger partial charge in [-0.15, -0.1) is 0 Å². The van der Waals surface area contributed by atoms with Crippen LogP contribution in [-0.2, 0) is 6.42 Å². The molecule has 1 N–H and O–H groups in total. The lowest BCUT2D eigenvalue weighted by atomic mass is 9.97. The molecule has 13 heavy (non-hydrogen) atoms. The van der Waals surface area contributed by atoms with Gasteiger partial charge in [0.05, 0.1) is 0 Å². The van der Waals surface area contributed by atoms with Crippen LogP contribution < -0.4 is 5.32 Å². The lowest BCUT2D eigenvalue weighted by molar-refractivity contribution is 0.555. The average Bonchev–Trinajstić information content (AvgIpc) is 2.21. The molecule has 1 aliphatic rings. The number of benzene rings is 1. The van der Waals surface area contributed by atoms with Crippen LogP contribution in [0, 0.1) is 5.92 Å². The molecule has 68 valence electrons. The molecule has 0 saturated carbocycles. The number of rotatable bonds is 2. The van der Waals surface area contributed by atoms with E-state index in [1.54, 1.807) is 0 Å². The third-order valence-electron chi connectivity index (χ3n) is 2.42. The molecule has 0 radical (unpaired) electrons. The Labute approximate surface area is 79.5 Å². The van der Waals surface area contributed by atoms with Crippen LogP contribution in [0.2, 0.25) is 0 Å². The highest BCUT2D eigenvalue weighted by Crippen LogP contribution is 2.10. The molecule has 0 spiro atoms. The van der Waals surface area contributed by atoms with Crippen molar-refractivity contribution in [3.63, 3.8) is 0 Å². The normalized spacial score (nSPS) is 21.7. The van der Waals surface area contributed by atoms with Gasteiger partial charge in [-0.05, 0) is 17.9 Å². The molecule has 2 rings (SSSR count). The molecule has 0 aliphatic carbocycles. The second kappa shape index (κ2) is 4.24. The van der Waals surface area contributed by atoms with Crippen molar-refractivity contribution in [1.29, 1.82) is 0 Å². The summed E-state index contributed by atoms with van der Waals surface area (Å²) >= 11 is 0. The van der Waals surface area contributed by atoms with E-state index in [1.807, 2.05) is 0 Å². The first-order valence-electron chi connectivity index (χ1n) is 4.86. The number of hydrogen-bond donors (Lipinski definition) is 1. The number of hydrogen-bond acceptors (Lipinski definition) is 1. The van der Waals surface area contributed by atoms with E-state index in [-0.39, 0.29) is 0 Å². The Balaban J connectivity index is 1.98. The number of nitrogens with one attached hydrogen (secondary N) is 1. The van der Waals surface area contributed by atoms with E-state index in [9.17, 15) is 0 Å². The van der Waals surface area contributed by atoms with Gasteiger partial charge in [0.15, 0.2) is 0 Å². The van der Waals surface area contributed by atoms with Gasteiger partial charge in [-0.1, -0.05) is 42.5 Å². The van der Waals surface area contributed by atoms with Gasteiger partial charge < -0.3 is 5.32 Å². The maximum atomic E-state index is 3.37. The van der Waals surface area contributed by atoms with E-state index in [0.717, 1.165) is 19.5 Å². The predicted octanol–water partition coefficient (Wildman–Crippen LogP) is 2.00. The third-order valence-corrected chi connectivity index (χ3v) is 2.42. The molecule has 1 atom stereocenters. The summed E-state index contributed by atoms with van der Waals surface area (Å²) in [7, 11) is 0. The van der Waals surface area contributed by atoms with Crippen molar-refractivity contribution in [2.75, 3.05) is 13.1 Å². The topological polar surface area (TPSA) is 12.0 Å².